The Hall–Kier alpha value is -3.71. The van der Waals surface area contributed by atoms with E-state index in [0.29, 0.717) is 44.0 Å². The minimum absolute atomic E-state index is 0.0742. The van der Waals surface area contributed by atoms with Crippen molar-refractivity contribution in [2.75, 3.05) is 25.0 Å². The van der Waals surface area contributed by atoms with Crippen LogP contribution in [0.15, 0.2) is 72.8 Å². The molecule has 0 radical (unpaired) electrons. The highest BCUT2D eigenvalue weighted by molar-refractivity contribution is 5.94. The lowest BCUT2D eigenvalue weighted by atomic mass is 9.93. The number of fused-ring (bicyclic) bond motifs is 1. The fourth-order valence-corrected chi connectivity index (χ4v) is 4.33. The average molecular weight is 476 g/mol. The Morgan fingerprint density at radius 1 is 1.00 bits per heavy atom. The van der Waals surface area contributed by atoms with Crippen LogP contribution in [0.5, 0.6) is 5.75 Å². The summed E-state index contributed by atoms with van der Waals surface area (Å²) < 4.78 is 18.7. The molecule has 1 aliphatic rings. The maximum absolute atomic E-state index is 13.2. The molecule has 0 fully saturated rings. The summed E-state index contributed by atoms with van der Waals surface area (Å²) in [5.74, 6) is 0.00339. The van der Waals surface area contributed by atoms with Crippen molar-refractivity contribution in [3.05, 3.63) is 95.3 Å². The number of para-hydroxylation sites is 2. The van der Waals surface area contributed by atoms with Gasteiger partial charge in [0, 0.05) is 13.1 Å². The summed E-state index contributed by atoms with van der Waals surface area (Å²) >= 11 is 0. The highest BCUT2D eigenvalue weighted by Crippen LogP contribution is 2.26. The number of benzene rings is 3. The van der Waals surface area contributed by atoms with Gasteiger partial charge in [-0.2, -0.15) is 0 Å². The summed E-state index contributed by atoms with van der Waals surface area (Å²) in [6.07, 6.45) is 1.13. The van der Waals surface area contributed by atoms with Crippen molar-refractivity contribution < 1.29 is 18.7 Å². The van der Waals surface area contributed by atoms with E-state index in [9.17, 15) is 14.0 Å². The van der Waals surface area contributed by atoms with Crippen molar-refractivity contribution in [1.29, 1.82) is 0 Å². The monoisotopic (exact) mass is 475 g/mol. The molecule has 1 heterocycles. The summed E-state index contributed by atoms with van der Waals surface area (Å²) in [6, 6.07) is 21.1. The molecule has 1 unspecified atom stereocenters. The molecular formula is C28H30FN3O3. The van der Waals surface area contributed by atoms with E-state index in [4.69, 9.17) is 4.74 Å². The van der Waals surface area contributed by atoms with Crippen molar-refractivity contribution in [3.63, 3.8) is 0 Å². The van der Waals surface area contributed by atoms with Crippen LogP contribution in [0, 0.1) is 5.82 Å². The molecule has 0 saturated heterocycles. The van der Waals surface area contributed by atoms with Gasteiger partial charge in [0.15, 0.2) is 0 Å². The molecule has 35 heavy (non-hydrogen) atoms. The zero-order valence-electron chi connectivity index (χ0n) is 19.8. The van der Waals surface area contributed by atoms with E-state index >= 15 is 0 Å². The van der Waals surface area contributed by atoms with Gasteiger partial charge >= 0.3 is 0 Å². The van der Waals surface area contributed by atoms with Gasteiger partial charge in [0.1, 0.15) is 11.6 Å². The quantitative estimate of drug-likeness (QED) is 0.492. The molecule has 3 aromatic rings. The zero-order valence-corrected chi connectivity index (χ0v) is 19.8. The van der Waals surface area contributed by atoms with Gasteiger partial charge in [-0.1, -0.05) is 48.5 Å². The third-order valence-electron chi connectivity index (χ3n) is 6.08. The van der Waals surface area contributed by atoms with Crippen molar-refractivity contribution in [3.8, 4) is 5.75 Å². The molecule has 182 valence electrons. The van der Waals surface area contributed by atoms with E-state index in [-0.39, 0.29) is 24.2 Å². The average Bonchev–Trinajstić information content (AvgIpc) is 2.86. The van der Waals surface area contributed by atoms with Crippen molar-refractivity contribution >= 4 is 17.5 Å². The highest BCUT2D eigenvalue weighted by Gasteiger charge is 2.32. The van der Waals surface area contributed by atoms with Gasteiger partial charge in [0.05, 0.1) is 24.9 Å². The lowest BCUT2D eigenvalue weighted by molar-refractivity contribution is -0.128. The van der Waals surface area contributed by atoms with Crippen molar-refractivity contribution in [2.24, 2.45) is 0 Å². The van der Waals surface area contributed by atoms with Gasteiger partial charge in [0.25, 0.3) is 0 Å². The molecule has 2 N–H and O–H groups in total. The number of rotatable bonds is 9. The Morgan fingerprint density at radius 2 is 1.71 bits per heavy atom. The van der Waals surface area contributed by atoms with E-state index in [0.717, 1.165) is 16.7 Å². The number of halogens is 1. The predicted molar refractivity (Wildman–Crippen MR) is 134 cm³/mol. The lowest BCUT2D eigenvalue weighted by Crippen LogP contribution is -2.52. The van der Waals surface area contributed by atoms with Crippen LogP contribution in [0.3, 0.4) is 0 Å². The number of anilines is 1. The number of carbonyl (C=O) groups excluding carboxylic acids is 2. The van der Waals surface area contributed by atoms with Crippen LogP contribution in [0.1, 0.15) is 23.6 Å². The Kier molecular flexibility index (Phi) is 8.11. The second-order valence-electron chi connectivity index (χ2n) is 8.54. The van der Waals surface area contributed by atoms with Crippen LogP contribution in [0.4, 0.5) is 10.1 Å². The molecule has 0 bridgehead atoms. The molecule has 2 amide bonds. The minimum atomic E-state index is -0.467. The molecule has 0 aliphatic carbocycles. The molecule has 4 rings (SSSR count). The highest BCUT2D eigenvalue weighted by atomic mass is 19.1. The summed E-state index contributed by atoms with van der Waals surface area (Å²) in [5, 5.41) is 5.93. The van der Waals surface area contributed by atoms with Gasteiger partial charge in [-0.3, -0.25) is 14.5 Å². The largest absolute Gasteiger partial charge is 0.492 e. The molecule has 1 atom stereocenters. The fourth-order valence-electron chi connectivity index (χ4n) is 4.33. The van der Waals surface area contributed by atoms with Crippen LogP contribution in [0.2, 0.25) is 0 Å². The van der Waals surface area contributed by atoms with Crippen LogP contribution in [-0.2, 0) is 29.0 Å². The Balaban J connectivity index is 1.43. The summed E-state index contributed by atoms with van der Waals surface area (Å²) in [7, 11) is 0. The smallest absolute Gasteiger partial charge is 0.238 e. The normalized spacial score (nSPS) is 15.2. The SMILES string of the molecule is CCOc1ccccc1NC(=O)CN1Cc2ccccc2CC1C(=O)NCCc1ccc(F)cc1. The molecule has 0 saturated carbocycles. The molecule has 1 aliphatic heterocycles. The number of amides is 2. The third kappa shape index (κ3) is 6.45. The minimum Gasteiger partial charge on any atom is -0.492 e. The Morgan fingerprint density at radius 3 is 2.49 bits per heavy atom. The second-order valence-corrected chi connectivity index (χ2v) is 8.54. The summed E-state index contributed by atoms with van der Waals surface area (Å²) in [5.41, 5.74) is 3.79. The Bertz CT molecular complexity index is 1170. The van der Waals surface area contributed by atoms with Gasteiger partial charge in [-0.05, 0) is 60.7 Å². The lowest BCUT2D eigenvalue weighted by Gasteiger charge is -2.35. The molecular weight excluding hydrogens is 445 g/mol. The van der Waals surface area contributed by atoms with E-state index in [1.807, 2.05) is 54.3 Å². The molecule has 3 aromatic carbocycles. The molecule has 7 heteroatoms. The van der Waals surface area contributed by atoms with Crippen LogP contribution in [-0.4, -0.2) is 42.5 Å². The van der Waals surface area contributed by atoms with Gasteiger partial charge in [-0.25, -0.2) is 4.39 Å². The van der Waals surface area contributed by atoms with Gasteiger partial charge in [-0.15, -0.1) is 0 Å². The molecule has 0 aromatic heterocycles. The maximum Gasteiger partial charge on any atom is 0.238 e. The second kappa shape index (κ2) is 11.6. The first-order valence-electron chi connectivity index (χ1n) is 11.9. The van der Waals surface area contributed by atoms with E-state index in [1.54, 1.807) is 18.2 Å². The standard InChI is InChI=1S/C28H30FN3O3/c1-2-35-26-10-6-5-9-24(26)31-27(33)19-32-18-22-8-4-3-7-21(22)17-25(32)28(34)30-16-15-20-11-13-23(29)14-12-20/h3-14,25H,2,15-19H2,1H3,(H,30,34)(H,31,33). The van der Waals surface area contributed by atoms with Crippen molar-refractivity contribution in [1.82, 2.24) is 10.2 Å². The number of carbonyl (C=O) groups is 2. The van der Waals surface area contributed by atoms with Crippen LogP contribution >= 0.6 is 0 Å². The van der Waals surface area contributed by atoms with E-state index in [1.165, 1.54) is 12.1 Å². The fraction of sp³-hybridized carbons (Fsp3) is 0.286. The van der Waals surface area contributed by atoms with Crippen molar-refractivity contribution in [2.45, 2.75) is 32.4 Å². The molecule has 0 spiro atoms. The van der Waals surface area contributed by atoms with Gasteiger partial charge < -0.3 is 15.4 Å². The third-order valence-corrected chi connectivity index (χ3v) is 6.08. The number of nitrogens with one attached hydrogen (secondary N) is 2. The molecule has 6 nitrogen and oxygen atoms in total. The zero-order chi connectivity index (χ0) is 24.6. The number of nitrogens with zero attached hydrogens (tertiary/aromatic N) is 1. The summed E-state index contributed by atoms with van der Waals surface area (Å²) in [6.45, 7) is 3.40. The van der Waals surface area contributed by atoms with E-state index < -0.39 is 6.04 Å². The first-order valence-corrected chi connectivity index (χ1v) is 11.9. The number of hydrogen-bond acceptors (Lipinski definition) is 4. The number of ether oxygens (including phenoxy) is 1. The van der Waals surface area contributed by atoms with E-state index in [2.05, 4.69) is 10.6 Å². The van der Waals surface area contributed by atoms with Crippen LogP contribution < -0.4 is 15.4 Å². The predicted octanol–water partition coefficient (Wildman–Crippen LogP) is 3.95. The summed E-state index contributed by atoms with van der Waals surface area (Å²) in [4.78, 5) is 28.1. The Labute approximate surface area is 205 Å². The first-order chi connectivity index (χ1) is 17.0. The van der Waals surface area contributed by atoms with Crippen LogP contribution in [0.25, 0.3) is 0 Å². The first kappa shape index (κ1) is 24.4. The van der Waals surface area contributed by atoms with Gasteiger partial charge in [0.2, 0.25) is 11.8 Å². The topological polar surface area (TPSA) is 70.7 Å². The number of hydrogen-bond donors (Lipinski definition) is 2. The maximum atomic E-state index is 13.2.